The first kappa shape index (κ1) is 17.7. The number of benzene rings is 2. The maximum atomic E-state index is 12.5. The molecule has 3 aromatic rings. The summed E-state index contributed by atoms with van der Waals surface area (Å²) >= 11 is 11.8. The van der Waals surface area contributed by atoms with Gasteiger partial charge < -0.3 is 0 Å². The molecule has 1 aromatic heterocycles. The first-order valence-electron chi connectivity index (χ1n) is 8.35. The smallest absolute Gasteiger partial charge is 0.271 e. The minimum atomic E-state index is -0.393. The number of carbonyl (C=O) groups excluding carboxylic acids is 1. The molecule has 1 amide bonds. The maximum absolute atomic E-state index is 12.5. The summed E-state index contributed by atoms with van der Waals surface area (Å²) in [6.45, 7) is 0.697. The Balaban J connectivity index is 1.56. The Hall–Kier alpha value is -2.70. The molecule has 1 aliphatic rings. The Morgan fingerprint density at radius 2 is 2.04 bits per heavy atom. The Kier molecular flexibility index (Phi) is 4.68. The summed E-state index contributed by atoms with van der Waals surface area (Å²) < 4.78 is 1.70. The van der Waals surface area contributed by atoms with Crippen molar-refractivity contribution in [3.05, 3.63) is 73.7 Å². The highest BCUT2D eigenvalue weighted by Crippen LogP contribution is 2.21. The lowest BCUT2D eigenvalue weighted by Gasteiger charge is -2.06. The summed E-state index contributed by atoms with van der Waals surface area (Å²) in [5.74, 6) is 0.373. The second-order valence-corrected chi connectivity index (χ2v) is 7.01. The van der Waals surface area contributed by atoms with Crippen LogP contribution in [0, 0.1) is 0 Å². The van der Waals surface area contributed by atoms with Crippen molar-refractivity contribution in [3.8, 4) is 0 Å². The predicted molar refractivity (Wildman–Crippen MR) is 106 cm³/mol. The molecule has 8 heteroatoms. The number of nitrogens with zero attached hydrogens (tertiary/aromatic N) is 3. The van der Waals surface area contributed by atoms with Crippen LogP contribution in [0.15, 0.2) is 46.3 Å². The van der Waals surface area contributed by atoms with E-state index in [2.05, 4.69) is 15.5 Å². The molecular formula is C19H14Cl2N4O2. The molecule has 2 aromatic carbocycles. The lowest BCUT2D eigenvalue weighted by Crippen LogP contribution is -2.22. The zero-order chi connectivity index (χ0) is 19.0. The van der Waals surface area contributed by atoms with Gasteiger partial charge >= 0.3 is 0 Å². The highest BCUT2D eigenvalue weighted by Gasteiger charge is 2.17. The third-order valence-corrected chi connectivity index (χ3v) is 5.14. The number of carbonyl (C=O) groups is 1. The second-order valence-electron chi connectivity index (χ2n) is 6.19. The third kappa shape index (κ3) is 3.46. The van der Waals surface area contributed by atoms with Crippen LogP contribution < -0.4 is 11.0 Å². The average Bonchev–Trinajstić information content (AvgIpc) is 3.13. The molecule has 0 atom stereocenters. The van der Waals surface area contributed by atoms with Crippen molar-refractivity contribution in [2.75, 3.05) is 0 Å². The average molecular weight is 401 g/mol. The quantitative estimate of drug-likeness (QED) is 0.540. The van der Waals surface area contributed by atoms with Crippen molar-refractivity contribution in [2.45, 2.75) is 19.4 Å². The van der Waals surface area contributed by atoms with E-state index in [0.717, 1.165) is 18.7 Å². The lowest BCUT2D eigenvalue weighted by atomic mass is 10.1. The molecule has 0 aliphatic carbocycles. The van der Waals surface area contributed by atoms with Crippen LogP contribution in [0.2, 0.25) is 10.0 Å². The number of aromatic nitrogens is 2. The number of nitrogens with one attached hydrogen (secondary N) is 1. The van der Waals surface area contributed by atoms with Crippen molar-refractivity contribution < 1.29 is 4.79 Å². The van der Waals surface area contributed by atoms with Gasteiger partial charge in [0, 0.05) is 18.5 Å². The van der Waals surface area contributed by atoms with Crippen LogP contribution in [-0.2, 0) is 13.0 Å². The molecule has 6 nitrogen and oxygen atoms in total. The molecule has 0 fully saturated rings. The van der Waals surface area contributed by atoms with E-state index in [9.17, 15) is 9.59 Å². The van der Waals surface area contributed by atoms with Crippen LogP contribution in [0.25, 0.3) is 10.9 Å². The van der Waals surface area contributed by atoms with E-state index >= 15 is 0 Å². The van der Waals surface area contributed by atoms with E-state index in [1.807, 2.05) is 0 Å². The van der Waals surface area contributed by atoms with Gasteiger partial charge in [0.1, 0.15) is 5.82 Å². The Morgan fingerprint density at radius 1 is 1.19 bits per heavy atom. The molecule has 1 aliphatic heterocycles. The molecule has 0 radical (unpaired) electrons. The molecule has 0 bridgehead atoms. The van der Waals surface area contributed by atoms with Crippen molar-refractivity contribution >= 4 is 46.2 Å². The molecular weight excluding hydrogens is 387 g/mol. The van der Waals surface area contributed by atoms with Gasteiger partial charge in [-0.05, 0) is 42.3 Å². The van der Waals surface area contributed by atoms with Gasteiger partial charge in [-0.2, -0.15) is 5.10 Å². The van der Waals surface area contributed by atoms with E-state index in [4.69, 9.17) is 23.2 Å². The standard InChI is InChI=1S/C19H14Cl2N4O2/c20-14-6-3-11(8-15(14)21)10-22-24-18(26)12-4-5-13-16(9-12)23-17-2-1-7-25(17)19(13)27/h3-6,8-10H,1-2,7H2,(H,24,26)/b22-10-. The van der Waals surface area contributed by atoms with E-state index < -0.39 is 5.91 Å². The van der Waals surface area contributed by atoms with Gasteiger partial charge in [-0.25, -0.2) is 10.4 Å². The lowest BCUT2D eigenvalue weighted by molar-refractivity contribution is 0.0955. The predicted octanol–water partition coefficient (Wildman–Crippen LogP) is 3.41. The first-order chi connectivity index (χ1) is 13.0. The van der Waals surface area contributed by atoms with E-state index in [0.29, 0.717) is 38.6 Å². The largest absolute Gasteiger partial charge is 0.296 e. The minimum Gasteiger partial charge on any atom is -0.296 e. The van der Waals surface area contributed by atoms with Crippen LogP contribution in [-0.4, -0.2) is 21.7 Å². The first-order valence-corrected chi connectivity index (χ1v) is 9.10. The molecule has 136 valence electrons. The molecule has 0 saturated heterocycles. The molecule has 0 saturated carbocycles. The van der Waals surface area contributed by atoms with Gasteiger partial charge in [0.15, 0.2) is 0 Å². The number of hydrazone groups is 1. The van der Waals surface area contributed by atoms with Crippen LogP contribution in [0.5, 0.6) is 0 Å². The normalized spacial score (nSPS) is 13.3. The van der Waals surface area contributed by atoms with Gasteiger partial charge in [0.25, 0.3) is 11.5 Å². The van der Waals surface area contributed by atoms with E-state index in [1.165, 1.54) is 6.21 Å². The number of halogens is 2. The number of rotatable bonds is 3. The summed E-state index contributed by atoms with van der Waals surface area (Å²) in [4.78, 5) is 29.3. The van der Waals surface area contributed by atoms with Gasteiger partial charge in [0.2, 0.25) is 0 Å². The van der Waals surface area contributed by atoms with Gasteiger partial charge in [-0.15, -0.1) is 0 Å². The second kappa shape index (κ2) is 7.13. The molecule has 0 unspecified atom stereocenters. The van der Waals surface area contributed by atoms with Crippen molar-refractivity contribution in [3.63, 3.8) is 0 Å². The van der Waals surface area contributed by atoms with E-state index in [1.54, 1.807) is 41.0 Å². The zero-order valence-electron chi connectivity index (χ0n) is 14.1. The highest BCUT2D eigenvalue weighted by molar-refractivity contribution is 6.42. The monoisotopic (exact) mass is 400 g/mol. The zero-order valence-corrected chi connectivity index (χ0v) is 15.6. The molecule has 2 heterocycles. The number of aryl methyl sites for hydroxylation is 1. The summed E-state index contributed by atoms with van der Waals surface area (Å²) in [7, 11) is 0. The van der Waals surface area contributed by atoms with Crippen LogP contribution in [0.4, 0.5) is 0 Å². The van der Waals surface area contributed by atoms with Crippen molar-refractivity contribution in [1.82, 2.24) is 15.0 Å². The molecule has 27 heavy (non-hydrogen) atoms. The highest BCUT2D eigenvalue weighted by atomic mass is 35.5. The van der Waals surface area contributed by atoms with Crippen LogP contribution >= 0.6 is 23.2 Å². The Morgan fingerprint density at radius 3 is 2.85 bits per heavy atom. The van der Waals surface area contributed by atoms with Gasteiger partial charge in [0.05, 0.1) is 27.2 Å². The third-order valence-electron chi connectivity index (χ3n) is 4.40. The topological polar surface area (TPSA) is 76.3 Å². The van der Waals surface area contributed by atoms with Crippen LogP contribution in [0.1, 0.15) is 28.2 Å². The summed E-state index contributed by atoms with van der Waals surface area (Å²) in [5, 5.41) is 5.30. The number of amides is 1. The minimum absolute atomic E-state index is 0.0582. The van der Waals surface area contributed by atoms with Crippen LogP contribution in [0.3, 0.4) is 0 Å². The van der Waals surface area contributed by atoms with Crippen molar-refractivity contribution in [1.29, 1.82) is 0 Å². The van der Waals surface area contributed by atoms with Crippen molar-refractivity contribution in [2.24, 2.45) is 5.10 Å². The number of fused-ring (bicyclic) bond motifs is 2. The van der Waals surface area contributed by atoms with Gasteiger partial charge in [-0.3, -0.25) is 14.2 Å². The summed E-state index contributed by atoms with van der Waals surface area (Å²) in [6, 6.07) is 9.87. The summed E-state index contributed by atoms with van der Waals surface area (Å²) in [5.41, 5.74) is 4.00. The molecule has 1 N–H and O–H groups in total. The Labute approximate surface area is 164 Å². The summed E-state index contributed by atoms with van der Waals surface area (Å²) in [6.07, 6.45) is 3.16. The Bertz CT molecular complexity index is 1150. The fourth-order valence-electron chi connectivity index (χ4n) is 3.05. The molecule has 0 spiro atoms. The molecule has 4 rings (SSSR count). The van der Waals surface area contributed by atoms with Gasteiger partial charge in [-0.1, -0.05) is 29.3 Å². The maximum Gasteiger partial charge on any atom is 0.271 e. The van der Waals surface area contributed by atoms with E-state index in [-0.39, 0.29) is 5.56 Å². The number of hydrogen-bond donors (Lipinski definition) is 1. The number of hydrogen-bond acceptors (Lipinski definition) is 4. The fraction of sp³-hybridized carbons (Fsp3) is 0.158. The fourth-order valence-corrected chi connectivity index (χ4v) is 3.35. The SMILES string of the molecule is O=C(N/N=C\c1ccc(Cl)c(Cl)c1)c1ccc2c(=O)n3c(nc2c1)CCC3.